The summed E-state index contributed by atoms with van der Waals surface area (Å²) in [4.78, 5) is 4.61. The molecule has 0 amide bonds. The van der Waals surface area contributed by atoms with Gasteiger partial charge in [0.1, 0.15) is 11.4 Å². The first-order valence-electron chi connectivity index (χ1n) is 16.6. The monoisotopic (exact) mass is 645 g/mol. The smallest absolute Gasteiger partial charge is 0.250 e. The van der Waals surface area contributed by atoms with Crippen molar-refractivity contribution in [2.75, 3.05) is 26.4 Å². The lowest BCUT2D eigenvalue weighted by molar-refractivity contribution is -0.0388. The highest BCUT2D eigenvalue weighted by molar-refractivity contribution is 6.74. The lowest BCUT2D eigenvalue weighted by Crippen LogP contribution is -2.43. The molecule has 0 spiro atoms. The number of hydrogen-bond donors (Lipinski definition) is 0. The van der Waals surface area contributed by atoms with Gasteiger partial charge in [0.2, 0.25) is 8.32 Å². The Labute approximate surface area is 275 Å². The van der Waals surface area contributed by atoms with Crippen molar-refractivity contribution >= 4 is 19.2 Å². The van der Waals surface area contributed by atoms with Crippen molar-refractivity contribution in [3.8, 4) is 17.0 Å². The van der Waals surface area contributed by atoms with Gasteiger partial charge < -0.3 is 23.4 Å². The normalized spacial score (nSPS) is 17.2. The number of benzene rings is 2. The molecular weight excluding hydrogens is 595 g/mol. The Bertz CT molecular complexity index is 1550. The zero-order valence-corrected chi connectivity index (χ0v) is 29.6. The standard InChI is InChI=1S/C37H51N3O5Si/c1-27(44-26-29-13-9-8-10-14-29)25-41-19-20-42-28(2)30-21-31(24-38-23-30)36-33-22-32(45-46(6,7)37(3,4)5)16-17-34(33)40(39-36)35-15-11-12-18-43-35/h8-10,13-14,16-17,21-24,27-28,35H,11-12,15,18-20,25-26H2,1-7H3/t27-,28+,35?/m1/s1. The fourth-order valence-corrected chi connectivity index (χ4v) is 6.30. The third kappa shape index (κ3) is 8.63. The number of rotatable bonds is 14. The Morgan fingerprint density at radius 2 is 1.78 bits per heavy atom. The molecule has 4 aromatic rings. The minimum Gasteiger partial charge on any atom is -0.543 e. The van der Waals surface area contributed by atoms with Crippen molar-refractivity contribution in [2.45, 2.75) is 97.1 Å². The van der Waals surface area contributed by atoms with Gasteiger partial charge in [0.25, 0.3) is 0 Å². The van der Waals surface area contributed by atoms with E-state index in [4.69, 9.17) is 28.5 Å². The van der Waals surface area contributed by atoms with Gasteiger partial charge in [0, 0.05) is 30.0 Å². The van der Waals surface area contributed by atoms with Crippen molar-refractivity contribution in [1.82, 2.24) is 14.8 Å². The van der Waals surface area contributed by atoms with Crippen LogP contribution in [0.1, 0.15) is 77.3 Å². The molecule has 2 aromatic carbocycles. The first-order chi connectivity index (χ1) is 22.0. The van der Waals surface area contributed by atoms with Crippen LogP contribution in [0, 0.1) is 0 Å². The number of fused-ring (bicyclic) bond motifs is 1. The van der Waals surface area contributed by atoms with Crippen LogP contribution in [-0.2, 0) is 25.6 Å². The van der Waals surface area contributed by atoms with Crippen LogP contribution in [0.15, 0.2) is 67.0 Å². The Hall–Kier alpha value is -3.08. The van der Waals surface area contributed by atoms with E-state index in [0.717, 1.165) is 64.9 Å². The highest BCUT2D eigenvalue weighted by atomic mass is 28.4. The molecule has 248 valence electrons. The summed E-state index contributed by atoms with van der Waals surface area (Å²) in [5.74, 6) is 0.880. The molecule has 1 aliphatic rings. The fraction of sp³-hybridized carbons (Fsp3) is 0.514. The average molecular weight is 646 g/mol. The summed E-state index contributed by atoms with van der Waals surface area (Å²) in [7, 11) is -2.02. The molecule has 46 heavy (non-hydrogen) atoms. The first kappa shape index (κ1) is 34.3. The molecule has 0 aliphatic carbocycles. The summed E-state index contributed by atoms with van der Waals surface area (Å²) in [6.07, 6.45) is 6.67. The first-order valence-corrected chi connectivity index (χ1v) is 19.6. The van der Waals surface area contributed by atoms with E-state index in [1.54, 1.807) is 0 Å². The maximum absolute atomic E-state index is 6.71. The maximum atomic E-state index is 6.71. The predicted molar refractivity (Wildman–Crippen MR) is 186 cm³/mol. The second-order valence-electron chi connectivity index (χ2n) is 13.9. The van der Waals surface area contributed by atoms with E-state index in [1.165, 1.54) is 0 Å². The highest BCUT2D eigenvalue weighted by Crippen LogP contribution is 2.40. The maximum Gasteiger partial charge on any atom is 0.250 e. The minimum absolute atomic E-state index is 0.0000510. The van der Waals surface area contributed by atoms with Crippen LogP contribution < -0.4 is 4.43 Å². The zero-order chi connectivity index (χ0) is 32.7. The summed E-state index contributed by atoms with van der Waals surface area (Å²) in [6.45, 7) is 18.2. The second kappa shape index (κ2) is 15.2. The van der Waals surface area contributed by atoms with Crippen molar-refractivity contribution in [1.29, 1.82) is 0 Å². The summed E-state index contributed by atoms with van der Waals surface area (Å²) in [5, 5.41) is 6.28. The summed E-state index contributed by atoms with van der Waals surface area (Å²) < 4.78 is 32.8. The Balaban J connectivity index is 1.26. The average Bonchev–Trinajstić information content (AvgIpc) is 3.42. The molecule has 1 unspecified atom stereocenters. The van der Waals surface area contributed by atoms with Gasteiger partial charge in [-0.15, -0.1) is 0 Å². The van der Waals surface area contributed by atoms with Gasteiger partial charge in [0.15, 0.2) is 6.23 Å². The number of hydrogen-bond acceptors (Lipinski definition) is 7. The zero-order valence-electron chi connectivity index (χ0n) is 28.6. The van der Waals surface area contributed by atoms with Crippen molar-refractivity contribution < 1.29 is 23.4 Å². The van der Waals surface area contributed by atoms with E-state index in [9.17, 15) is 0 Å². The molecule has 1 aliphatic heterocycles. The van der Waals surface area contributed by atoms with Crippen LogP contribution >= 0.6 is 0 Å². The molecule has 9 heteroatoms. The lowest BCUT2D eigenvalue weighted by Gasteiger charge is -2.36. The van der Waals surface area contributed by atoms with Gasteiger partial charge in [-0.2, -0.15) is 5.10 Å². The van der Waals surface area contributed by atoms with Gasteiger partial charge in [-0.3, -0.25) is 4.98 Å². The van der Waals surface area contributed by atoms with Gasteiger partial charge in [0.05, 0.1) is 44.2 Å². The van der Waals surface area contributed by atoms with Gasteiger partial charge >= 0.3 is 0 Å². The largest absolute Gasteiger partial charge is 0.543 e. The Morgan fingerprint density at radius 3 is 2.52 bits per heavy atom. The number of nitrogens with zero attached hydrogens (tertiary/aromatic N) is 3. The van der Waals surface area contributed by atoms with Crippen molar-refractivity contribution in [3.05, 3.63) is 78.1 Å². The molecule has 1 saturated heterocycles. The van der Waals surface area contributed by atoms with E-state index in [2.05, 4.69) is 79.9 Å². The molecule has 5 rings (SSSR count). The van der Waals surface area contributed by atoms with E-state index >= 15 is 0 Å². The third-order valence-electron chi connectivity index (χ3n) is 9.11. The van der Waals surface area contributed by atoms with Crippen molar-refractivity contribution in [3.63, 3.8) is 0 Å². The number of aromatic nitrogens is 3. The summed E-state index contributed by atoms with van der Waals surface area (Å²) >= 11 is 0. The topological polar surface area (TPSA) is 76.9 Å². The highest BCUT2D eigenvalue weighted by Gasteiger charge is 2.39. The van der Waals surface area contributed by atoms with E-state index in [1.807, 2.05) is 44.4 Å². The molecule has 0 bridgehead atoms. The lowest BCUT2D eigenvalue weighted by atomic mass is 10.1. The summed E-state index contributed by atoms with van der Waals surface area (Å²) in [6, 6.07) is 18.7. The molecule has 2 aromatic heterocycles. The molecule has 3 heterocycles. The minimum atomic E-state index is -2.02. The number of pyridine rings is 1. The Morgan fingerprint density at radius 1 is 0.978 bits per heavy atom. The molecule has 1 fully saturated rings. The van der Waals surface area contributed by atoms with E-state index < -0.39 is 8.32 Å². The molecule has 0 N–H and O–H groups in total. The predicted octanol–water partition coefficient (Wildman–Crippen LogP) is 8.88. The van der Waals surface area contributed by atoms with Crippen LogP contribution in [0.2, 0.25) is 18.1 Å². The number of ether oxygens (including phenoxy) is 4. The van der Waals surface area contributed by atoms with E-state index in [-0.39, 0.29) is 23.5 Å². The third-order valence-corrected chi connectivity index (χ3v) is 13.5. The van der Waals surface area contributed by atoms with Crippen LogP contribution in [0.25, 0.3) is 22.2 Å². The van der Waals surface area contributed by atoms with Crippen LogP contribution in [-0.4, -0.2) is 55.6 Å². The second-order valence-corrected chi connectivity index (χ2v) is 18.6. The van der Waals surface area contributed by atoms with Gasteiger partial charge in [-0.05, 0) is 86.6 Å². The Kier molecular flexibility index (Phi) is 11.3. The van der Waals surface area contributed by atoms with Crippen LogP contribution in [0.4, 0.5) is 0 Å². The van der Waals surface area contributed by atoms with Gasteiger partial charge in [-0.1, -0.05) is 51.1 Å². The SMILES string of the molecule is C[C@H](COCCO[C@@H](C)c1cncc(-c2nn(C3CCCCO3)c3ccc(O[Si](C)(C)C(C)(C)C)cc23)c1)OCc1ccccc1. The van der Waals surface area contributed by atoms with Crippen LogP contribution in [0.5, 0.6) is 5.75 Å². The molecule has 3 atom stereocenters. The summed E-state index contributed by atoms with van der Waals surface area (Å²) in [5.41, 5.74) is 5.00. The van der Waals surface area contributed by atoms with E-state index in [0.29, 0.717) is 26.4 Å². The van der Waals surface area contributed by atoms with Crippen molar-refractivity contribution in [2.24, 2.45) is 0 Å². The van der Waals surface area contributed by atoms with Gasteiger partial charge in [-0.25, -0.2) is 4.68 Å². The van der Waals surface area contributed by atoms with Crippen LogP contribution in [0.3, 0.4) is 0 Å². The molecule has 0 radical (unpaired) electrons. The quantitative estimate of drug-likeness (QED) is 0.100. The molecular formula is C37H51N3O5Si. The fourth-order valence-electron chi connectivity index (χ4n) is 5.28. The molecule has 8 nitrogen and oxygen atoms in total. The molecule has 0 saturated carbocycles.